The number of nitrogens with zero attached hydrogens (tertiary/aromatic N) is 1. The normalized spacial score (nSPS) is 18.3. The Labute approximate surface area is 145 Å². The van der Waals surface area contributed by atoms with Crippen molar-refractivity contribution in [3.05, 3.63) is 12.2 Å². The van der Waals surface area contributed by atoms with Gasteiger partial charge in [0.05, 0.1) is 0 Å². The highest BCUT2D eigenvalue weighted by Crippen LogP contribution is 2.52. The molecule has 3 nitrogen and oxygen atoms in total. The second kappa shape index (κ2) is 11.5. The molecule has 0 N–H and O–H groups in total. The summed E-state index contributed by atoms with van der Waals surface area (Å²) in [6.07, 6.45) is 6.72. The molecule has 138 valence electrons. The van der Waals surface area contributed by atoms with Gasteiger partial charge < -0.3 is 9.64 Å². The summed E-state index contributed by atoms with van der Waals surface area (Å²) in [7, 11) is 0. The quantitative estimate of drug-likeness (QED) is 0.530. The molecule has 0 radical (unpaired) electrons. The molecule has 0 aromatic carbocycles. The van der Waals surface area contributed by atoms with Gasteiger partial charge in [-0.25, -0.2) is 4.79 Å². The van der Waals surface area contributed by atoms with Crippen LogP contribution in [0.1, 0.15) is 82.1 Å². The summed E-state index contributed by atoms with van der Waals surface area (Å²) >= 11 is 0. The number of hydrogen-bond acceptors (Lipinski definition) is 2. The summed E-state index contributed by atoms with van der Waals surface area (Å²) in [5, 5.41) is 0. The number of amides is 1. The molecule has 0 bridgehead atoms. The van der Waals surface area contributed by atoms with E-state index in [-0.39, 0.29) is 11.7 Å². The Balaban J connectivity index is 0. The highest BCUT2D eigenvalue weighted by molar-refractivity contribution is 5.69. The Morgan fingerprint density at radius 1 is 1.04 bits per heavy atom. The fraction of sp³-hybridized carbons (Fsp3) is 0.850. The molecule has 1 aliphatic heterocycles. The molecular formula is C20H41NO2. The number of carbonyl (C=O) groups excluding carboxylic acids is 1. The van der Waals surface area contributed by atoms with Crippen LogP contribution in [-0.4, -0.2) is 29.7 Å². The van der Waals surface area contributed by atoms with E-state index < -0.39 is 0 Å². The van der Waals surface area contributed by atoms with Crippen molar-refractivity contribution in [2.45, 2.75) is 87.7 Å². The minimum Gasteiger partial charge on any atom is -0.444 e. The number of likely N-dealkylation sites (tertiary alicyclic amines) is 1. The molecule has 1 spiro atoms. The Morgan fingerprint density at radius 3 is 1.83 bits per heavy atom. The Bertz CT molecular complexity index is 328. The molecule has 0 unspecified atom stereocenters. The summed E-state index contributed by atoms with van der Waals surface area (Å²) in [4.78, 5) is 13.6. The highest BCUT2D eigenvalue weighted by Gasteiger charge is 2.53. The van der Waals surface area contributed by atoms with Gasteiger partial charge >= 0.3 is 6.09 Å². The van der Waals surface area contributed by atoms with Gasteiger partial charge in [0, 0.05) is 18.5 Å². The van der Waals surface area contributed by atoms with Gasteiger partial charge in [0.2, 0.25) is 0 Å². The van der Waals surface area contributed by atoms with Crippen molar-refractivity contribution in [1.29, 1.82) is 0 Å². The minimum absolute atomic E-state index is 0.155. The number of allylic oxidation sites excluding steroid dienone is 2. The van der Waals surface area contributed by atoms with E-state index in [1.165, 1.54) is 12.8 Å². The predicted octanol–water partition coefficient (Wildman–Crippen LogP) is 6.29. The highest BCUT2D eigenvalue weighted by atomic mass is 16.6. The maximum atomic E-state index is 11.8. The Hall–Kier alpha value is -0.990. The maximum Gasteiger partial charge on any atom is 0.410 e. The molecule has 1 aliphatic carbocycles. The van der Waals surface area contributed by atoms with Gasteiger partial charge in [-0.2, -0.15) is 0 Å². The summed E-state index contributed by atoms with van der Waals surface area (Å²) in [5.41, 5.74) is 0.0357. The predicted molar refractivity (Wildman–Crippen MR) is 102 cm³/mol. The minimum atomic E-state index is -0.382. The molecule has 1 amide bonds. The van der Waals surface area contributed by atoms with E-state index in [2.05, 4.69) is 19.1 Å². The molecule has 2 rings (SSSR count). The lowest BCUT2D eigenvalue weighted by Gasteiger charge is -2.58. The standard InChI is InChI=1S/C14H23NO2.3C2H6/c1-5-6-11-7-14(8-11)9-15(10-14)12(16)17-13(2,3)4;3*1-2/h5-6,11H,7-10H2,1-4H3;3*1-2H3/b6-5+;;;. The molecule has 0 atom stereocenters. The number of ether oxygens (including phenoxy) is 1. The van der Waals surface area contributed by atoms with E-state index in [9.17, 15) is 4.79 Å². The van der Waals surface area contributed by atoms with E-state index in [1.807, 2.05) is 67.2 Å². The third-order valence-corrected chi connectivity index (χ3v) is 3.56. The van der Waals surface area contributed by atoms with Crippen molar-refractivity contribution in [3.8, 4) is 0 Å². The van der Waals surface area contributed by atoms with Crippen LogP contribution in [-0.2, 0) is 4.74 Å². The van der Waals surface area contributed by atoms with E-state index in [4.69, 9.17) is 4.74 Å². The van der Waals surface area contributed by atoms with Crippen LogP contribution in [0.2, 0.25) is 0 Å². The van der Waals surface area contributed by atoms with Crippen molar-refractivity contribution in [2.75, 3.05) is 13.1 Å². The topological polar surface area (TPSA) is 29.5 Å². The molecule has 2 fully saturated rings. The summed E-state index contributed by atoms with van der Waals surface area (Å²) in [6, 6.07) is 0. The van der Waals surface area contributed by atoms with E-state index in [1.54, 1.807) is 0 Å². The number of hydrogen-bond donors (Lipinski definition) is 0. The summed E-state index contributed by atoms with van der Waals surface area (Å²) < 4.78 is 5.35. The SMILES string of the molecule is C/C=C/C1CC2(C1)CN(C(=O)OC(C)(C)C)C2.CC.CC.CC. The molecule has 0 aromatic rings. The molecule has 0 aromatic heterocycles. The van der Waals surface area contributed by atoms with Gasteiger partial charge in [-0.1, -0.05) is 53.7 Å². The van der Waals surface area contributed by atoms with Crippen LogP contribution in [0.3, 0.4) is 0 Å². The fourth-order valence-corrected chi connectivity index (χ4v) is 2.94. The maximum absolute atomic E-state index is 11.8. The number of carbonyl (C=O) groups is 1. The zero-order valence-electron chi connectivity index (χ0n) is 17.3. The van der Waals surface area contributed by atoms with Crippen molar-refractivity contribution < 1.29 is 9.53 Å². The number of rotatable bonds is 1. The first-order valence-corrected chi connectivity index (χ1v) is 9.44. The van der Waals surface area contributed by atoms with Gasteiger partial charge in [0.1, 0.15) is 5.60 Å². The second-order valence-corrected chi connectivity index (χ2v) is 6.53. The van der Waals surface area contributed by atoms with Crippen LogP contribution in [0.15, 0.2) is 12.2 Å². The van der Waals surface area contributed by atoms with E-state index in [0.717, 1.165) is 19.0 Å². The van der Waals surface area contributed by atoms with E-state index in [0.29, 0.717) is 5.41 Å². The van der Waals surface area contributed by atoms with Crippen LogP contribution in [0.5, 0.6) is 0 Å². The largest absolute Gasteiger partial charge is 0.444 e. The first kappa shape index (κ1) is 24.3. The molecule has 1 heterocycles. The van der Waals surface area contributed by atoms with Crippen molar-refractivity contribution in [2.24, 2.45) is 11.3 Å². The third-order valence-electron chi connectivity index (χ3n) is 3.56. The molecule has 2 aliphatic rings. The summed E-state index contributed by atoms with van der Waals surface area (Å²) in [5.74, 6) is 0.737. The molecule has 23 heavy (non-hydrogen) atoms. The first-order chi connectivity index (χ1) is 10.8. The lowest BCUT2D eigenvalue weighted by Crippen LogP contribution is -2.64. The van der Waals surface area contributed by atoms with Crippen molar-refractivity contribution >= 4 is 6.09 Å². The van der Waals surface area contributed by atoms with Gasteiger partial charge in [0.15, 0.2) is 0 Å². The second-order valence-electron chi connectivity index (χ2n) is 6.53. The van der Waals surface area contributed by atoms with Gasteiger partial charge in [-0.15, -0.1) is 0 Å². The fourth-order valence-electron chi connectivity index (χ4n) is 2.94. The lowest BCUT2D eigenvalue weighted by atomic mass is 9.58. The summed E-state index contributed by atoms with van der Waals surface area (Å²) in [6.45, 7) is 21.6. The van der Waals surface area contributed by atoms with Gasteiger partial charge in [-0.05, 0) is 46.5 Å². The zero-order valence-corrected chi connectivity index (χ0v) is 17.3. The van der Waals surface area contributed by atoms with Crippen LogP contribution in [0, 0.1) is 11.3 Å². The van der Waals surface area contributed by atoms with Crippen LogP contribution < -0.4 is 0 Å². The van der Waals surface area contributed by atoms with Crippen LogP contribution in [0.25, 0.3) is 0 Å². The van der Waals surface area contributed by atoms with Gasteiger partial charge in [0.25, 0.3) is 0 Å². The van der Waals surface area contributed by atoms with Crippen molar-refractivity contribution in [3.63, 3.8) is 0 Å². The third kappa shape index (κ3) is 7.90. The van der Waals surface area contributed by atoms with E-state index >= 15 is 0 Å². The first-order valence-electron chi connectivity index (χ1n) is 9.44. The molecule has 1 saturated heterocycles. The van der Waals surface area contributed by atoms with Crippen LogP contribution in [0.4, 0.5) is 4.79 Å². The average molecular weight is 328 g/mol. The van der Waals surface area contributed by atoms with Crippen LogP contribution >= 0.6 is 0 Å². The molecular weight excluding hydrogens is 286 g/mol. The molecule has 1 saturated carbocycles. The van der Waals surface area contributed by atoms with Gasteiger partial charge in [-0.3, -0.25) is 0 Å². The lowest BCUT2D eigenvalue weighted by molar-refractivity contribution is -0.0851. The Kier molecular flexibility index (Phi) is 12.2. The monoisotopic (exact) mass is 327 g/mol. The molecule has 3 heteroatoms. The Morgan fingerprint density at radius 2 is 1.48 bits per heavy atom. The smallest absolute Gasteiger partial charge is 0.410 e. The van der Waals surface area contributed by atoms with Crippen molar-refractivity contribution in [1.82, 2.24) is 4.90 Å². The average Bonchev–Trinajstić information content (AvgIpc) is 2.44. The zero-order chi connectivity index (χ0) is 18.7.